The van der Waals surface area contributed by atoms with Crippen molar-refractivity contribution in [1.29, 1.82) is 0 Å². The van der Waals surface area contributed by atoms with E-state index in [4.69, 9.17) is 15.0 Å². The molecule has 0 saturated carbocycles. The second kappa shape index (κ2) is 9.19. The molecule has 208 valence electrons. The largest absolute Gasteiger partial charge is 0.277 e. The molecule has 3 aromatic heterocycles. The maximum Gasteiger partial charge on any atom is 0.235 e. The van der Waals surface area contributed by atoms with Crippen molar-refractivity contribution in [2.75, 3.05) is 0 Å². The Labute approximate surface area is 255 Å². The SMILES string of the molecule is CC1(C)c2ccccc2-c2c1c1ncccc1c1c3ccccc3n(-c3nc(-c4ccccc4)cc(-c4ccccc4)n3)c21. The van der Waals surface area contributed by atoms with Crippen LogP contribution in [0.3, 0.4) is 0 Å². The lowest BCUT2D eigenvalue weighted by molar-refractivity contribution is 0.665. The topological polar surface area (TPSA) is 43.6 Å². The minimum Gasteiger partial charge on any atom is -0.277 e. The summed E-state index contributed by atoms with van der Waals surface area (Å²) in [4.78, 5) is 15.6. The van der Waals surface area contributed by atoms with Gasteiger partial charge in [0, 0.05) is 44.5 Å². The number of fused-ring (bicyclic) bond motifs is 10. The molecule has 3 heterocycles. The fourth-order valence-electron chi connectivity index (χ4n) is 7.30. The molecule has 4 heteroatoms. The fraction of sp³-hybridized carbons (Fsp3) is 0.0750. The first-order chi connectivity index (χ1) is 21.6. The first-order valence-electron chi connectivity index (χ1n) is 15.1. The minimum atomic E-state index is -0.226. The quantitative estimate of drug-likeness (QED) is 0.215. The van der Waals surface area contributed by atoms with Gasteiger partial charge in [0.05, 0.1) is 27.9 Å². The second-order valence-corrected chi connectivity index (χ2v) is 12.1. The summed E-state index contributed by atoms with van der Waals surface area (Å²) in [6, 6.07) is 44.6. The number of pyridine rings is 1. The lowest BCUT2D eigenvalue weighted by Gasteiger charge is -2.23. The Hall–Kier alpha value is -5.61. The first kappa shape index (κ1) is 24.9. The fourth-order valence-corrected chi connectivity index (χ4v) is 7.30. The Morgan fingerprint density at radius 2 is 1.23 bits per heavy atom. The molecule has 0 N–H and O–H groups in total. The van der Waals surface area contributed by atoms with Gasteiger partial charge in [0.2, 0.25) is 5.95 Å². The summed E-state index contributed by atoms with van der Waals surface area (Å²) in [6.07, 6.45) is 1.92. The van der Waals surface area contributed by atoms with Crippen molar-refractivity contribution in [3.63, 3.8) is 0 Å². The van der Waals surface area contributed by atoms with Crippen LogP contribution in [0.2, 0.25) is 0 Å². The molecule has 4 nitrogen and oxygen atoms in total. The van der Waals surface area contributed by atoms with E-state index in [-0.39, 0.29) is 5.41 Å². The van der Waals surface area contributed by atoms with Crippen molar-refractivity contribution < 1.29 is 0 Å². The third kappa shape index (κ3) is 3.42. The Bertz CT molecular complexity index is 2350. The molecule has 0 saturated heterocycles. The van der Waals surface area contributed by atoms with Crippen molar-refractivity contribution in [3.05, 3.63) is 145 Å². The van der Waals surface area contributed by atoms with Gasteiger partial charge in [0.1, 0.15) is 0 Å². The van der Waals surface area contributed by atoms with E-state index in [1.165, 1.54) is 33.0 Å². The normalized spacial score (nSPS) is 13.4. The lowest BCUT2D eigenvalue weighted by atomic mass is 9.81. The van der Waals surface area contributed by atoms with Gasteiger partial charge in [-0.25, -0.2) is 9.97 Å². The number of benzene rings is 5. The van der Waals surface area contributed by atoms with Crippen LogP contribution in [0.25, 0.3) is 72.3 Å². The summed E-state index contributed by atoms with van der Waals surface area (Å²) in [6.45, 7) is 4.65. The average molecular weight is 565 g/mol. The third-order valence-corrected chi connectivity index (χ3v) is 9.22. The first-order valence-corrected chi connectivity index (χ1v) is 15.1. The van der Waals surface area contributed by atoms with Crippen LogP contribution in [0.1, 0.15) is 25.0 Å². The second-order valence-electron chi connectivity index (χ2n) is 12.1. The van der Waals surface area contributed by atoms with E-state index in [0.29, 0.717) is 5.95 Å². The van der Waals surface area contributed by atoms with Crippen molar-refractivity contribution >= 4 is 32.7 Å². The highest BCUT2D eigenvalue weighted by atomic mass is 15.2. The zero-order valence-electron chi connectivity index (χ0n) is 24.5. The zero-order chi connectivity index (χ0) is 29.4. The zero-order valence-corrected chi connectivity index (χ0v) is 24.5. The smallest absolute Gasteiger partial charge is 0.235 e. The predicted molar refractivity (Wildman–Crippen MR) is 180 cm³/mol. The summed E-state index contributed by atoms with van der Waals surface area (Å²) < 4.78 is 2.30. The number of hydrogen-bond acceptors (Lipinski definition) is 3. The molecule has 0 unspecified atom stereocenters. The summed E-state index contributed by atoms with van der Waals surface area (Å²) in [7, 11) is 0. The van der Waals surface area contributed by atoms with Gasteiger partial charge >= 0.3 is 0 Å². The van der Waals surface area contributed by atoms with E-state index in [1.54, 1.807) is 0 Å². The van der Waals surface area contributed by atoms with Crippen LogP contribution in [0, 0.1) is 0 Å². The molecule has 1 aliphatic carbocycles. The van der Waals surface area contributed by atoms with Crippen LogP contribution in [-0.2, 0) is 5.41 Å². The van der Waals surface area contributed by atoms with Crippen molar-refractivity contribution in [2.45, 2.75) is 19.3 Å². The maximum atomic E-state index is 5.31. The predicted octanol–water partition coefficient (Wildman–Crippen LogP) is 9.76. The lowest BCUT2D eigenvalue weighted by Crippen LogP contribution is -2.16. The van der Waals surface area contributed by atoms with Gasteiger partial charge < -0.3 is 0 Å². The molecule has 0 bridgehead atoms. The Morgan fingerprint density at radius 1 is 0.614 bits per heavy atom. The van der Waals surface area contributed by atoms with Gasteiger partial charge in [-0.3, -0.25) is 9.55 Å². The average Bonchev–Trinajstić information content (AvgIpc) is 3.55. The molecule has 0 radical (unpaired) electrons. The van der Waals surface area contributed by atoms with Crippen molar-refractivity contribution in [2.24, 2.45) is 0 Å². The monoisotopic (exact) mass is 564 g/mol. The van der Waals surface area contributed by atoms with Gasteiger partial charge in [0.15, 0.2) is 0 Å². The van der Waals surface area contributed by atoms with E-state index in [9.17, 15) is 0 Å². The van der Waals surface area contributed by atoms with E-state index in [0.717, 1.165) is 44.5 Å². The van der Waals surface area contributed by atoms with Crippen molar-refractivity contribution in [3.8, 4) is 39.6 Å². The number of aromatic nitrogens is 4. The standard InChI is InChI=1S/C40H28N4/c1-40(2)30-21-11-9-18-27(30)35-36(40)37-29(20-13-23-41-37)34-28-19-10-12-22-33(28)44(38(34)35)39-42-31(25-14-5-3-6-15-25)24-32(43-39)26-16-7-4-8-17-26/h3-24H,1-2H3. The highest BCUT2D eigenvalue weighted by Gasteiger charge is 2.40. The van der Waals surface area contributed by atoms with Crippen LogP contribution < -0.4 is 0 Å². The molecule has 44 heavy (non-hydrogen) atoms. The van der Waals surface area contributed by atoms with E-state index < -0.39 is 0 Å². The van der Waals surface area contributed by atoms with E-state index >= 15 is 0 Å². The Kier molecular flexibility index (Phi) is 5.21. The molecule has 0 fully saturated rings. The number of rotatable bonds is 3. The van der Waals surface area contributed by atoms with Gasteiger partial charge in [0.25, 0.3) is 0 Å². The molecule has 0 amide bonds. The maximum absolute atomic E-state index is 5.31. The summed E-state index contributed by atoms with van der Waals surface area (Å²) >= 11 is 0. The molecule has 1 aliphatic rings. The Balaban J connectivity index is 1.50. The number of para-hydroxylation sites is 1. The van der Waals surface area contributed by atoms with Crippen LogP contribution in [-0.4, -0.2) is 19.5 Å². The van der Waals surface area contributed by atoms with Gasteiger partial charge in [-0.15, -0.1) is 0 Å². The Morgan fingerprint density at radius 3 is 1.95 bits per heavy atom. The van der Waals surface area contributed by atoms with Crippen LogP contribution in [0.4, 0.5) is 0 Å². The molecular weight excluding hydrogens is 536 g/mol. The minimum absolute atomic E-state index is 0.226. The van der Waals surface area contributed by atoms with Crippen LogP contribution in [0.15, 0.2) is 134 Å². The van der Waals surface area contributed by atoms with Gasteiger partial charge in [-0.05, 0) is 34.9 Å². The molecule has 8 aromatic rings. The highest BCUT2D eigenvalue weighted by molar-refractivity contribution is 6.26. The van der Waals surface area contributed by atoms with Gasteiger partial charge in [-0.1, -0.05) is 123 Å². The number of nitrogens with zero attached hydrogens (tertiary/aromatic N) is 4. The summed E-state index contributed by atoms with van der Waals surface area (Å²) in [5.74, 6) is 0.657. The molecule has 0 spiro atoms. The molecular formula is C40H28N4. The summed E-state index contributed by atoms with van der Waals surface area (Å²) in [5.41, 5.74) is 12.0. The van der Waals surface area contributed by atoms with Gasteiger partial charge in [-0.2, -0.15) is 0 Å². The highest BCUT2D eigenvalue weighted by Crippen LogP contribution is 2.55. The van der Waals surface area contributed by atoms with Crippen molar-refractivity contribution in [1.82, 2.24) is 19.5 Å². The third-order valence-electron chi connectivity index (χ3n) is 9.22. The number of hydrogen-bond donors (Lipinski definition) is 0. The molecule has 9 rings (SSSR count). The van der Waals surface area contributed by atoms with E-state index in [1.807, 2.05) is 18.3 Å². The van der Waals surface area contributed by atoms with Crippen LogP contribution in [0.5, 0.6) is 0 Å². The molecule has 0 atom stereocenters. The summed E-state index contributed by atoms with van der Waals surface area (Å²) in [5, 5.41) is 3.50. The van der Waals surface area contributed by atoms with Crippen LogP contribution >= 0.6 is 0 Å². The molecule has 5 aromatic carbocycles. The van der Waals surface area contributed by atoms with E-state index in [2.05, 4.69) is 134 Å². The molecule has 0 aliphatic heterocycles.